The SMILES string of the molecule is CNC(CN(C)C)c1cccc(F)c1F. The Morgan fingerprint density at radius 2 is 2.00 bits per heavy atom. The fourth-order valence-corrected chi connectivity index (χ4v) is 1.50. The van der Waals surface area contributed by atoms with Crippen LogP contribution < -0.4 is 5.32 Å². The molecule has 0 aliphatic heterocycles. The third-order valence-electron chi connectivity index (χ3n) is 2.25. The van der Waals surface area contributed by atoms with Gasteiger partial charge in [-0.05, 0) is 27.2 Å². The van der Waals surface area contributed by atoms with Crippen molar-refractivity contribution in [1.82, 2.24) is 10.2 Å². The normalized spacial score (nSPS) is 13.2. The summed E-state index contributed by atoms with van der Waals surface area (Å²) in [5, 5.41) is 2.97. The molecule has 0 aliphatic carbocycles. The molecule has 0 aliphatic rings. The summed E-state index contributed by atoms with van der Waals surface area (Å²) in [5.41, 5.74) is 0.367. The first-order chi connectivity index (χ1) is 7.06. The lowest BCUT2D eigenvalue weighted by Crippen LogP contribution is -2.29. The van der Waals surface area contributed by atoms with Crippen molar-refractivity contribution >= 4 is 0 Å². The Bertz CT molecular complexity index is 326. The van der Waals surface area contributed by atoms with Gasteiger partial charge in [-0.15, -0.1) is 0 Å². The molecule has 1 aromatic carbocycles. The molecule has 1 rings (SSSR count). The van der Waals surface area contributed by atoms with E-state index in [0.717, 1.165) is 6.07 Å². The first kappa shape index (κ1) is 12.1. The molecule has 0 saturated carbocycles. The molecule has 0 spiro atoms. The Balaban J connectivity index is 2.96. The zero-order chi connectivity index (χ0) is 11.4. The monoisotopic (exact) mass is 214 g/mol. The number of rotatable bonds is 4. The first-order valence-corrected chi connectivity index (χ1v) is 4.82. The van der Waals surface area contributed by atoms with E-state index < -0.39 is 11.6 Å². The molecule has 1 N–H and O–H groups in total. The van der Waals surface area contributed by atoms with E-state index in [-0.39, 0.29) is 6.04 Å². The molecule has 0 heterocycles. The number of hydrogen-bond donors (Lipinski definition) is 1. The van der Waals surface area contributed by atoms with E-state index in [1.54, 1.807) is 13.1 Å². The summed E-state index contributed by atoms with van der Waals surface area (Å²) in [7, 11) is 5.52. The summed E-state index contributed by atoms with van der Waals surface area (Å²) >= 11 is 0. The Morgan fingerprint density at radius 1 is 1.33 bits per heavy atom. The van der Waals surface area contributed by atoms with Gasteiger partial charge in [0.2, 0.25) is 0 Å². The van der Waals surface area contributed by atoms with Crippen molar-refractivity contribution in [2.45, 2.75) is 6.04 Å². The topological polar surface area (TPSA) is 15.3 Å². The average molecular weight is 214 g/mol. The van der Waals surface area contributed by atoms with Crippen molar-refractivity contribution in [3.8, 4) is 0 Å². The highest BCUT2D eigenvalue weighted by atomic mass is 19.2. The van der Waals surface area contributed by atoms with Crippen molar-refractivity contribution in [2.24, 2.45) is 0 Å². The van der Waals surface area contributed by atoms with Crippen LogP contribution in [0.2, 0.25) is 0 Å². The van der Waals surface area contributed by atoms with Gasteiger partial charge in [-0.2, -0.15) is 0 Å². The van der Waals surface area contributed by atoms with Crippen LogP contribution in [0.4, 0.5) is 8.78 Å². The lowest BCUT2D eigenvalue weighted by Gasteiger charge is -2.21. The van der Waals surface area contributed by atoms with Crippen LogP contribution in [0.25, 0.3) is 0 Å². The summed E-state index contributed by atoms with van der Waals surface area (Å²) in [5.74, 6) is -1.56. The Kier molecular flexibility index (Phi) is 4.17. The fraction of sp³-hybridized carbons (Fsp3) is 0.455. The second-order valence-corrected chi connectivity index (χ2v) is 3.75. The standard InChI is InChI=1S/C11H16F2N2/c1-14-10(7-15(2)3)8-5-4-6-9(12)11(8)13/h4-6,10,14H,7H2,1-3H3. The molecule has 0 aromatic heterocycles. The number of benzene rings is 1. The first-order valence-electron chi connectivity index (χ1n) is 4.82. The number of nitrogens with zero attached hydrogens (tertiary/aromatic N) is 1. The third kappa shape index (κ3) is 2.97. The van der Waals surface area contributed by atoms with E-state index in [1.807, 2.05) is 19.0 Å². The van der Waals surface area contributed by atoms with Crippen LogP contribution in [0, 0.1) is 11.6 Å². The van der Waals surface area contributed by atoms with Gasteiger partial charge >= 0.3 is 0 Å². The smallest absolute Gasteiger partial charge is 0.163 e. The van der Waals surface area contributed by atoms with Gasteiger partial charge < -0.3 is 10.2 Å². The second-order valence-electron chi connectivity index (χ2n) is 3.75. The molecule has 2 nitrogen and oxygen atoms in total. The van der Waals surface area contributed by atoms with Crippen LogP contribution in [0.3, 0.4) is 0 Å². The molecule has 1 unspecified atom stereocenters. The molecule has 0 radical (unpaired) electrons. The van der Waals surface area contributed by atoms with Crippen LogP contribution in [0.15, 0.2) is 18.2 Å². The van der Waals surface area contributed by atoms with Gasteiger partial charge in [0.05, 0.1) is 0 Å². The van der Waals surface area contributed by atoms with Crippen LogP contribution in [0.1, 0.15) is 11.6 Å². The summed E-state index contributed by atoms with van der Waals surface area (Å²) in [6, 6.07) is 4.05. The quantitative estimate of drug-likeness (QED) is 0.822. The van der Waals surface area contributed by atoms with Gasteiger partial charge in [0, 0.05) is 18.2 Å². The van der Waals surface area contributed by atoms with Gasteiger partial charge in [0.25, 0.3) is 0 Å². The fourth-order valence-electron chi connectivity index (χ4n) is 1.50. The molecule has 0 fully saturated rings. The lowest BCUT2D eigenvalue weighted by atomic mass is 10.1. The molecule has 0 amide bonds. The van der Waals surface area contributed by atoms with Crippen molar-refractivity contribution in [1.29, 1.82) is 0 Å². The average Bonchev–Trinajstić information content (AvgIpc) is 2.19. The van der Waals surface area contributed by atoms with E-state index in [9.17, 15) is 8.78 Å². The van der Waals surface area contributed by atoms with Gasteiger partial charge in [0.1, 0.15) is 0 Å². The Hall–Kier alpha value is -1.00. The highest BCUT2D eigenvalue weighted by molar-refractivity contribution is 5.22. The molecule has 4 heteroatoms. The minimum Gasteiger partial charge on any atom is -0.312 e. The predicted molar refractivity (Wildman–Crippen MR) is 56.7 cm³/mol. The summed E-state index contributed by atoms with van der Waals surface area (Å²) in [6.45, 7) is 0.622. The maximum absolute atomic E-state index is 13.5. The van der Waals surface area contributed by atoms with Crippen molar-refractivity contribution < 1.29 is 8.78 Å². The van der Waals surface area contributed by atoms with Crippen molar-refractivity contribution in [2.75, 3.05) is 27.7 Å². The number of halogens is 2. The minimum absolute atomic E-state index is 0.198. The lowest BCUT2D eigenvalue weighted by molar-refractivity contribution is 0.344. The largest absolute Gasteiger partial charge is 0.312 e. The van der Waals surface area contributed by atoms with Crippen LogP contribution in [-0.4, -0.2) is 32.6 Å². The van der Waals surface area contributed by atoms with Gasteiger partial charge in [0.15, 0.2) is 11.6 Å². The summed E-state index contributed by atoms with van der Waals surface area (Å²) < 4.78 is 26.5. The maximum atomic E-state index is 13.5. The highest BCUT2D eigenvalue weighted by Gasteiger charge is 2.16. The molecule has 0 bridgehead atoms. The van der Waals surface area contributed by atoms with E-state index >= 15 is 0 Å². The molecule has 0 saturated heterocycles. The predicted octanol–water partition coefficient (Wildman–Crippen LogP) is 1.79. The van der Waals surface area contributed by atoms with E-state index in [4.69, 9.17) is 0 Å². The Morgan fingerprint density at radius 3 is 2.53 bits per heavy atom. The molecule has 1 atom stereocenters. The van der Waals surface area contributed by atoms with E-state index in [1.165, 1.54) is 6.07 Å². The van der Waals surface area contributed by atoms with Crippen molar-refractivity contribution in [3.63, 3.8) is 0 Å². The van der Waals surface area contributed by atoms with Crippen LogP contribution >= 0.6 is 0 Å². The van der Waals surface area contributed by atoms with Crippen molar-refractivity contribution in [3.05, 3.63) is 35.4 Å². The maximum Gasteiger partial charge on any atom is 0.163 e. The van der Waals surface area contributed by atoms with Crippen LogP contribution in [0.5, 0.6) is 0 Å². The minimum atomic E-state index is -0.800. The third-order valence-corrected chi connectivity index (χ3v) is 2.25. The summed E-state index contributed by atoms with van der Waals surface area (Å²) in [4.78, 5) is 1.92. The van der Waals surface area contributed by atoms with Crippen LogP contribution in [-0.2, 0) is 0 Å². The Labute approximate surface area is 88.9 Å². The number of nitrogens with one attached hydrogen (secondary N) is 1. The van der Waals surface area contributed by atoms with E-state index in [2.05, 4.69) is 5.32 Å². The van der Waals surface area contributed by atoms with Gasteiger partial charge in [-0.3, -0.25) is 0 Å². The number of hydrogen-bond acceptors (Lipinski definition) is 2. The second kappa shape index (κ2) is 5.19. The highest BCUT2D eigenvalue weighted by Crippen LogP contribution is 2.19. The van der Waals surface area contributed by atoms with E-state index in [0.29, 0.717) is 12.1 Å². The van der Waals surface area contributed by atoms with Gasteiger partial charge in [-0.25, -0.2) is 8.78 Å². The zero-order valence-corrected chi connectivity index (χ0v) is 9.22. The van der Waals surface area contributed by atoms with Gasteiger partial charge in [-0.1, -0.05) is 12.1 Å². The summed E-state index contributed by atoms with van der Waals surface area (Å²) in [6.07, 6.45) is 0. The zero-order valence-electron chi connectivity index (χ0n) is 9.22. The molecule has 15 heavy (non-hydrogen) atoms. The molecular formula is C11H16F2N2. The molecule has 1 aromatic rings. The molecule has 84 valence electrons. The number of likely N-dealkylation sites (N-methyl/N-ethyl adjacent to an activating group) is 2. The molecular weight excluding hydrogens is 198 g/mol.